The summed E-state index contributed by atoms with van der Waals surface area (Å²) in [6.45, 7) is 3.89. The first-order valence-corrected chi connectivity index (χ1v) is 5.98. The number of hydrogen-bond acceptors (Lipinski definition) is 3. The normalized spacial score (nSPS) is 11.2. The average molecular weight is 262 g/mol. The SMILES string of the molecule is CC(C)C=C(NC(=O)OCc1ccccc1)C(N)=O. The molecule has 19 heavy (non-hydrogen) atoms. The van der Waals surface area contributed by atoms with Crippen LogP contribution in [0.15, 0.2) is 42.1 Å². The van der Waals surface area contributed by atoms with Gasteiger partial charge in [-0.3, -0.25) is 10.1 Å². The number of allylic oxidation sites excluding steroid dienone is 1. The number of nitrogens with one attached hydrogen (secondary N) is 1. The molecule has 0 aromatic heterocycles. The van der Waals surface area contributed by atoms with E-state index in [4.69, 9.17) is 10.5 Å². The largest absolute Gasteiger partial charge is 0.444 e. The molecular formula is C14H18N2O3. The molecule has 2 amide bonds. The molecule has 1 rings (SSSR count). The fourth-order valence-corrected chi connectivity index (χ4v) is 1.39. The van der Waals surface area contributed by atoms with E-state index in [2.05, 4.69) is 5.32 Å². The number of carbonyl (C=O) groups excluding carboxylic acids is 2. The van der Waals surface area contributed by atoms with E-state index < -0.39 is 12.0 Å². The first kappa shape index (κ1) is 14.8. The molecule has 0 radical (unpaired) electrons. The van der Waals surface area contributed by atoms with Crippen LogP contribution in [0.4, 0.5) is 4.79 Å². The smallest absolute Gasteiger partial charge is 0.412 e. The third-order valence-electron chi connectivity index (χ3n) is 2.21. The quantitative estimate of drug-likeness (QED) is 0.795. The van der Waals surface area contributed by atoms with Crippen molar-refractivity contribution in [3.05, 3.63) is 47.7 Å². The maximum atomic E-state index is 11.5. The molecule has 1 aromatic rings. The van der Waals surface area contributed by atoms with Crippen LogP contribution < -0.4 is 11.1 Å². The molecule has 0 heterocycles. The third kappa shape index (κ3) is 5.72. The summed E-state index contributed by atoms with van der Waals surface area (Å²) < 4.78 is 4.99. The van der Waals surface area contributed by atoms with Gasteiger partial charge >= 0.3 is 6.09 Å². The van der Waals surface area contributed by atoms with Crippen molar-refractivity contribution in [2.45, 2.75) is 20.5 Å². The Morgan fingerprint density at radius 3 is 2.47 bits per heavy atom. The van der Waals surface area contributed by atoms with Crippen LogP contribution in [0.3, 0.4) is 0 Å². The summed E-state index contributed by atoms with van der Waals surface area (Å²) in [6, 6.07) is 9.26. The van der Waals surface area contributed by atoms with E-state index in [9.17, 15) is 9.59 Å². The maximum Gasteiger partial charge on any atom is 0.412 e. The topological polar surface area (TPSA) is 81.4 Å². The molecule has 0 atom stereocenters. The predicted molar refractivity (Wildman–Crippen MR) is 71.9 cm³/mol. The van der Waals surface area contributed by atoms with E-state index in [-0.39, 0.29) is 18.2 Å². The zero-order valence-electron chi connectivity index (χ0n) is 11.1. The Morgan fingerprint density at radius 2 is 1.95 bits per heavy atom. The van der Waals surface area contributed by atoms with Gasteiger partial charge in [-0.05, 0) is 11.5 Å². The second kappa shape index (κ2) is 7.20. The van der Waals surface area contributed by atoms with E-state index >= 15 is 0 Å². The lowest BCUT2D eigenvalue weighted by Crippen LogP contribution is -2.32. The lowest BCUT2D eigenvalue weighted by atomic mass is 10.2. The minimum Gasteiger partial charge on any atom is -0.444 e. The van der Waals surface area contributed by atoms with E-state index in [1.54, 1.807) is 6.08 Å². The van der Waals surface area contributed by atoms with Gasteiger partial charge in [0, 0.05) is 0 Å². The summed E-state index contributed by atoms with van der Waals surface area (Å²) in [5, 5.41) is 2.34. The van der Waals surface area contributed by atoms with Gasteiger partial charge in [-0.2, -0.15) is 0 Å². The van der Waals surface area contributed by atoms with Crippen LogP contribution in [0.25, 0.3) is 0 Å². The molecule has 0 saturated carbocycles. The summed E-state index contributed by atoms with van der Waals surface area (Å²) in [4.78, 5) is 22.7. The lowest BCUT2D eigenvalue weighted by molar-refractivity contribution is -0.114. The third-order valence-corrected chi connectivity index (χ3v) is 2.21. The zero-order valence-corrected chi connectivity index (χ0v) is 11.1. The Balaban J connectivity index is 2.52. The highest BCUT2D eigenvalue weighted by atomic mass is 16.5. The molecule has 0 fully saturated rings. The molecule has 0 saturated heterocycles. The highest BCUT2D eigenvalue weighted by molar-refractivity contribution is 5.95. The minimum absolute atomic E-state index is 0.0491. The molecule has 0 unspecified atom stereocenters. The molecule has 0 spiro atoms. The predicted octanol–water partition coefficient (Wildman–Crippen LogP) is 1.94. The molecule has 5 heteroatoms. The molecule has 1 aromatic carbocycles. The van der Waals surface area contributed by atoms with Crippen molar-refractivity contribution >= 4 is 12.0 Å². The van der Waals surface area contributed by atoms with Gasteiger partial charge < -0.3 is 10.5 Å². The van der Waals surface area contributed by atoms with Crippen molar-refractivity contribution in [3.8, 4) is 0 Å². The highest BCUT2D eigenvalue weighted by Gasteiger charge is 2.11. The van der Waals surface area contributed by atoms with Gasteiger partial charge in [0.2, 0.25) is 0 Å². The van der Waals surface area contributed by atoms with Gasteiger partial charge in [-0.25, -0.2) is 4.79 Å². The summed E-state index contributed by atoms with van der Waals surface area (Å²) >= 11 is 0. The maximum absolute atomic E-state index is 11.5. The van der Waals surface area contributed by atoms with Crippen molar-refractivity contribution in [2.24, 2.45) is 11.7 Å². The number of ether oxygens (including phenoxy) is 1. The fraction of sp³-hybridized carbons (Fsp3) is 0.286. The molecule has 102 valence electrons. The number of amides is 2. The first-order valence-electron chi connectivity index (χ1n) is 5.98. The Labute approximate surface area is 112 Å². The van der Waals surface area contributed by atoms with Crippen molar-refractivity contribution in [2.75, 3.05) is 0 Å². The van der Waals surface area contributed by atoms with Crippen LogP contribution in [0.5, 0.6) is 0 Å². The Bertz CT molecular complexity index is 467. The molecule has 0 aliphatic carbocycles. The summed E-state index contributed by atoms with van der Waals surface area (Å²) in [5.41, 5.74) is 6.08. The number of benzene rings is 1. The van der Waals surface area contributed by atoms with Crippen LogP contribution in [0.2, 0.25) is 0 Å². The number of nitrogens with two attached hydrogens (primary N) is 1. The molecule has 5 nitrogen and oxygen atoms in total. The standard InChI is InChI=1S/C14H18N2O3/c1-10(2)8-12(13(15)17)16-14(18)19-9-11-6-4-3-5-7-11/h3-8,10H,9H2,1-2H3,(H2,15,17)(H,16,18). The summed E-state index contributed by atoms with van der Waals surface area (Å²) in [7, 11) is 0. The second-order valence-electron chi connectivity index (χ2n) is 4.38. The average Bonchev–Trinajstić information content (AvgIpc) is 2.36. The Kier molecular flexibility index (Phi) is 5.60. The van der Waals surface area contributed by atoms with Crippen LogP contribution in [-0.2, 0) is 16.1 Å². The van der Waals surface area contributed by atoms with Crippen molar-refractivity contribution in [3.63, 3.8) is 0 Å². The van der Waals surface area contributed by atoms with E-state index in [0.717, 1.165) is 5.56 Å². The van der Waals surface area contributed by atoms with E-state index in [1.165, 1.54) is 0 Å². The number of hydrogen-bond donors (Lipinski definition) is 2. The van der Waals surface area contributed by atoms with Crippen LogP contribution in [0.1, 0.15) is 19.4 Å². The lowest BCUT2D eigenvalue weighted by Gasteiger charge is -2.09. The van der Waals surface area contributed by atoms with Gasteiger partial charge in [-0.1, -0.05) is 50.3 Å². The van der Waals surface area contributed by atoms with Gasteiger partial charge in [0.25, 0.3) is 5.91 Å². The molecule has 0 bridgehead atoms. The highest BCUT2D eigenvalue weighted by Crippen LogP contribution is 2.02. The molecule has 3 N–H and O–H groups in total. The summed E-state index contributed by atoms with van der Waals surface area (Å²) in [6.07, 6.45) is 0.876. The number of alkyl carbamates (subject to hydrolysis) is 1. The molecular weight excluding hydrogens is 244 g/mol. The first-order chi connectivity index (χ1) is 8.99. The second-order valence-corrected chi connectivity index (χ2v) is 4.38. The monoisotopic (exact) mass is 262 g/mol. The van der Waals surface area contributed by atoms with Crippen LogP contribution >= 0.6 is 0 Å². The zero-order chi connectivity index (χ0) is 14.3. The van der Waals surface area contributed by atoms with Gasteiger partial charge in [0.05, 0.1) is 0 Å². The Hall–Kier alpha value is -2.30. The van der Waals surface area contributed by atoms with E-state index in [1.807, 2.05) is 44.2 Å². The fourth-order valence-electron chi connectivity index (χ4n) is 1.39. The number of primary amides is 1. The van der Waals surface area contributed by atoms with Crippen LogP contribution in [0, 0.1) is 5.92 Å². The van der Waals surface area contributed by atoms with E-state index in [0.29, 0.717) is 0 Å². The van der Waals surface area contributed by atoms with Crippen molar-refractivity contribution in [1.82, 2.24) is 5.32 Å². The van der Waals surface area contributed by atoms with Crippen molar-refractivity contribution in [1.29, 1.82) is 0 Å². The van der Waals surface area contributed by atoms with Gasteiger partial charge in [-0.15, -0.1) is 0 Å². The number of carbonyl (C=O) groups is 2. The molecule has 0 aliphatic rings. The Morgan fingerprint density at radius 1 is 1.32 bits per heavy atom. The van der Waals surface area contributed by atoms with Crippen LogP contribution in [-0.4, -0.2) is 12.0 Å². The number of rotatable bonds is 5. The molecule has 0 aliphatic heterocycles. The summed E-state index contributed by atoms with van der Waals surface area (Å²) in [5.74, 6) is -0.595. The van der Waals surface area contributed by atoms with Gasteiger partial charge in [0.15, 0.2) is 0 Å². The minimum atomic E-state index is -0.699. The van der Waals surface area contributed by atoms with Gasteiger partial charge in [0.1, 0.15) is 12.3 Å². The van der Waals surface area contributed by atoms with Crippen molar-refractivity contribution < 1.29 is 14.3 Å².